The molecule has 24 heavy (non-hydrogen) atoms. The molecule has 0 radical (unpaired) electrons. The minimum Gasteiger partial charge on any atom is -0.406 e. The van der Waals surface area contributed by atoms with Gasteiger partial charge in [0.15, 0.2) is 0 Å². The van der Waals surface area contributed by atoms with Crippen molar-refractivity contribution in [2.45, 2.75) is 13.2 Å². The number of rotatable bonds is 8. The Hall–Kier alpha value is -2.40. The predicted molar refractivity (Wildman–Crippen MR) is 89.8 cm³/mol. The van der Waals surface area contributed by atoms with E-state index < -0.39 is 8.60 Å². The molecule has 0 spiro atoms. The number of hydrogen-bond donors (Lipinski definition) is 0. The van der Waals surface area contributed by atoms with Gasteiger partial charge in [0.25, 0.3) is 0 Å². The van der Waals surface area contributed by atoms with Gasteiger partial charge in [-0.3, -0.25) is 9.05 Å². The van der Waals surface area contributed by atoms with Gasteiger partial charge in [0.05, 0.1) is 19.4 Å². The quantitative estimate of drug-likeness (QED) is 0.579. The van der Waals surface area contributed by atoms with Gasteiger partial charge in [0.1, 0.15) is 0 Å². The summed E-state index contributed by atoms with van der Waals surface area (Å²) in [6.45, 7) is 0.777. The molecule has 7 heteroatoms. The molecule has 0 bridgehead atoms. The second-order valence-electron chi connectivity index (χ2n) is 4.79. The van der Waals surface area contributed by atoms with E-state index in [1.54, 1.807) is 6.07 Å². The van der Waals surface area contributed by atoms with Crippen LogP contribution in [0, 0.1) is 0 Å². The van der Waals surface area contributed by atoms with E-state index >= 15 is 0 Å². The lowest BCUT2D eigenvalue weighted by atomic mass is 10.2. The molecule has 0 aliphatic carbocycles. The summed E-state index contributed by atoms with van der Waals surface area (Å²) in [5.74, 6) is 0.317. The molecule has 2 aromatic carbocycles. The SMILES string of the molecule is c1ccc(COP(OCc2ccccc2)Oc2ccnnn2)cc1. The first-order chi connectivity index (χ1) is 11.9. The van der Waals surface area contributed by atoms with Gasteiger partial charge in [-0.1, -0.05) is 65.8 Å². The maximum absolute atomic E-state index is 5.79. The minimum absolute atomic E-state index is 0.317. The Bertz CT molecular complexity index is 673. The third kappa shape index (κ3) is 5.35. The molecule has 0 aliphatic rings. The lowest BCUT2D eigenvalue weighted by Crippen LogP contribution is -2.01. The van der Waals surface area contributed by atoms with Gasteiger partial charge < -0.3 is 4.52 Å². The van der Waals surface area contributed by atoms with Gasteiger partial charge in [-0.25, -0.2) is 0 Å². The lowest BCUT2D eigenvalue weighted by Gasteiger charge is -2.16. The molecular weight excluding hydrogens is 325 g/mol. The molecule has 0 aliphatic heterocycles. The number of nitrogens with zero attached hydrogens (tertiary/aromatic N) is 3. The zero-order chi connectivity index (χ0) is 16.5. The smallest absolute Gasteiger partial charge is 0.399 e. The first kappa shape index (κ1) is 16.5. The third-order valence-electron chi connectivity index (χ3n) is 3.01. The van der Waals surface area contributed by atoms with Crippen LogP contribution in [0.1, 0.15) is 11.1 Å². The molecule has 1 aromatic heterocycles. The van der Waals surface area contributed by atoms with Crippen molar-refractivity contribution in [2.24, 2.45) is 0 Å². The summed E-state index contributed by atoms with van der Waals surface area (Å²) in [5.41, 5.74) is 2.08. The number of benzene rings is 2. The fourth-order valence-electron chi connectivity index (χ4n) is 1.85. The Morgan fingerprint density at radius 1 is 0.750 bits per heavy atom. The molecule has 122 valence electrons. The monoisotopic (exact) mass is 341 g/mol. The van der Waals surface area contributed by atoms with Gasteiger partial charge in [-0.2, -0.15) is 0 Å². The van der Waals surface area contributed by atoms with Gasteiger partial charge in [0, 0.05) is 6.07 Å². The molecule has 0 fully saturated rings. The summed E-state index contributed by atoms with van der Waals surface area (Å²) in [5, 5.41) is 11.0. The zero-order valence-corrected chi connectivity index (χ0v) is 13.8. The number of hydrogen-bond acceptors (Lipinski definition) is 6. The van der Waals surface area contributed by atoms with Crippen molar-refractivity contribution in [3.05, 3.63) is 84.1 Å². The zero-order valence-electron chi connectivity index (χ0n) is 12.9. The van der Waals surface area contributed by atoms with Crippen molar-refractivity contribution in [3.8, 4) is 5.88 Å². The van der Waals surface area contributed by atoms with Crippen molar-refractivity contribution < 1.29 is 13.6 Å². The molecule has 0 amide bonds. The Balaban J connectivity index is 1.61. The molecule has 0 saturated carbocycles. The molecule has 3 aromatic rings. The Morgan fingerprint density at radius 2 is 1.33 bits per heavy atom. The summed E-state index contributed by atoms with van der Waals surface area (Å²) in [7, 11) is -1.61. The van der Waals surface area contributed by atoms with E-state index in [0.717, 1.165) is 11.1 Å². The molecule has 0 N–H and O–H groups in total. The molecule has 3 rings (SSSR count). The maximum Gasteiger partial charge on any atom is 0.399 e. The van der Waals surface area contributed by atoms with Crippen LogP contribution in [0.5, 0.6) is 5.88 Å². The molecule has 1 heterocycles. The van der Waals surface area contributed by atoms with E-state index in [1.807, 2.05) is 60.7 Å². The van der Waals surface area contributed by atoms with Crippen LogP contribution in [0.25, 0.3) is 0 Å². The first-order valence-corrected chi connectivity index (χ1v) is 8.46. The third-order valence-corrected chi connectivity index (χ3v) is 4.02. The summed E-state index contributed by atoms with van der Waals surface area (Å²) in [6, 6.07) is 21.3. The van der Waals surface area contributed by atoms with Crippen molar-refractivity contribution in [1.29, 1.82) is 0 Å². The Labute approximate surface area is 141 Å². The fourth-order valence-corrected chi connectivity index (χ4v) is 2.79. The fraction of sp³-hybridized carbons (Fsp3) is 0.118. The lowest BCUT2D eigenvalue weighted by molar-refractivity contribution is 0.190. The maximum atomic E-state index is 5.79. The molecule has 0 unspecified atom stereocenters. The second kappa shape index (κ2) is 9.03. The normalized spacial score (nSPS) is 10.7. The van der Waals surface area contributed by atoms with Crippen LogP contribution in [0.3, 0.4) is 0 Å². The van der Waals surface area contributed by atoms with Gasteiger partial charge in [0.2, 0.25) is 5.88 Å². The molecule has 6 nitrogen and oxygen atoms in total. The van der Waals surface area contributed by atoms with Crippen molar-refractivity contribution in [3.63, 3.8) is 0 Å². The summed E-state index contributed by atoms with van der Waals surface area (Å²) < 4.78 is 17.2. The topological polar surface area (TPSA) is 66.4 Å². The van der Waals surface area contributed by atoms with Crippen molar-refractivity contribution >= 4 is 8.60 Å². The van der Waals surface area contributed by atoms with Gasteiger partial charge in [-0.05, 0) is 16.3 Å². The van der Waals surface area contributed by atoms with Crippen LogP contribution in [-0.2, 0) is 22.3 Å². The summed E-state index contributed by atoms with van der Waals surface area (Å²) in [4.78, 5) is 0. The van der Waals surface area contributed by atoms with Crippen LogP contribution >= 0.6 is 8.60 Å². The standard InChI is InChI=1S/C17H16N3O3P/c1-3-7-15(8-4-1)13-21-24(23-17-11-12-18-20-19-17)22-14-16-9-5-2-6-10-16/h1-12H,13-14H2. The summed E-state index contributed by atoms with van der Waals surface area (Å²) >= 11 is 0. The van der Waals surface area contributed by atoms with Crippen molar-refractivity contribution in [1.82, 2.24) is 15.4 Å². The average Bonchev–Trinajstić information content (AvgIpc) is 2.66. The molecule has 0 atom stereocenters. The second-order valence-corrected chi connectivity index (χ2v) is 5.94. The van der Waals surface area contributed by atoms with Crippen LogP contribution < -0.4 is 4.52 Å². The highest BCUT2D eigenvalue weighted by Gasteiger charge is 2.16. The average molecular weight is 341 g/mol. The van der Waals surface area contributed by atoms with E-state index in [9.17, 15) is 0 Å². The van der Waals surface area contributed by atoms with E-state index in [1.165, 1.54) is 6.20 Å². The van der Waals surface area contributed by atoms with E-state index in [4.69, 9.17) is 13.6 Å². The Kier molecular flexibility index (Phi) is 6.19. The highest BCUT2D eigenvalue weighted by molar-refractivity contribution is 7.42. The molecular formula is C17H16N3O3P. The minimum atomic E-state index is -1.61. The van der Waals surface area contributed by atoms with Gasteiger partial charge >= 0.3 is 8.60 Å². The highest BCUT2D eigenvalue weighted by Crippen LogP contribution is 2.41. The van der Waals surface area contributed by atoms with E-state index in [2.05, 4.69) is 15.4 Å². The number of aromatic nitrogens is 3. The van der Waals surface area contributed by atoms with Crippen LogP contribution in [-0.4, -0.2) is 15.4 Å². The predicted octanol–water partition coefficient (Wildman–Crippen LogP) is 3.91. The first-order valence-electron chi connectivity index (χ1n) is 7.36. The largest absolute Gasteiger partial charge is 0.406 e. The molecule has 0 saturated heterocycles. The van der Waals surface area contributed by atoms with E-state index in [0.29, 0.717) is 19.1 Å². The Morgan fingerprint density at radius 3 is 1.83 bits per heavy atom. The highest BCUT2D eigenvalue weighted by atomic mass is 31.2. The summed E-state index contributed by atoms with van der Waals surface area (Å²) in [6.07, 6.45) is 1.50. The van der Waals surface area contributed by atoms with Crippen molar-refractivity contribution in [2.75, 3.05) is 0 Å². The van der Waals surface area contributed by atoms with Crippen LogP contribution in [0.4, 0.5) is 0 Å². The van der Waals surface area contributed by atoms with Gasteiger partial charge in [-0.15, -0.1) is 5.10 Å². The van der Waals surface area contributed by atoms with E-state index in [-0.39, 0.29) is 0 Å². The van der Waals surface area contributed by atoms with Crippen LogP contribution in [0.15, 0.2) is 72.9 Å². The van der Waals surface area contributed by atoms with Crippen LogP contribution in [0.2, 0.25) is 0 Å².